The van der Waals surface area contributed by atoms with Crippen LogP contribution in [-0.2, 0) is 4.79 Å². The average Bonchev–Trinajstić information content (AvgIpc) is 2.69. The molecule has 1 amide bonds. The fourth-order valence-electron chi connectivity index (χ4n) is 2.15. The minimum atomic E-state index is -0.249. The first kappa shape index (κ1) is 13.5. The molecular weight excluding hydrogens is 200 g/mol. The largest absolute Gasteiger partial charge is 0.341 e. The summed E-state index contributed by atoms with van der Waals surface area (Å²) in [4.78, 5) is 16.5. The molecule has 16 heavy (non-hydrogen) atoms. The number of rotatable bonds is 4. The van der Waals surface area contributed by atoms with Crippen molar-refractivity contribution in [3.8, 4) is 0 Å². The Hall–Kier alpha value is -0.570. The van der Waals surface area contributed by atoms with Crippen LogP contribution in [0.1, 0.15) is 40.5 Å². The van der Waals surface area contributed by atoms with Gasteiger partial charge in [-0.25, -0.2) is 0 Å². The maximum atomic E-state index is 12.1. The molecule has 0 N–H and O–H groups in total. The van der Waals surface area contributed by atoms with Crippen LogP contribution < -0.4 is 0 Å². The number of amides is 1. The van der Waals surface area contributed by atoms with E-state index < -0.39 is 0 Å². The predicted octanol–water partition coefficient (Wildman–Crippen LogP) is 1.98. The van der Waals surface area contributed by atoms with Gasteiger partial charge in [-0.05, 0) is 32.9 Å². The fourth-order valence-corrected chi connectivity index (χ4v) is 2.15. The third-order valence-corrected chi connectivity index (χ3v) is 3.20. The Morgan fingerprint density at radius 1 is 1.25 bits per heavy atom. The highest BCUT2D eigenvalue weighted by atomic mass is 16.2. The highest BCUT2D eigenvalue weighted by Gasteiger charge is 2.26. The molecule has 1 saturated heterocycles. The van der Waals surface area contributed by atoms with Gasteiger partial charge in [-0.2, -0.15) is 0 Å². The van der Waals surface area contributed by atoms with E-state index in [1.165, 1.54) is 25.9 Å². The van der Waals surface area contributed by atoms with Crippen LogP contribution in [0.5, 0.6) is 0 Å². The summed E-state index contributed by atoms with van der Waals surface area (Å²) in [5.41, 5.74) is -0.249. The first-order valence-electron chi connectivity index (χ1n) is 6.47. The van der Waals surface area contributed by atoms with Crippen molar-refractivity contribution in [3.05, 3.63) is 0 Å². The highest BCUT2D eigenvalue weighted by molar-refractivity contribution is 5.81. The van der Waals surface area contributed by atoms with Gasteiger partial charge in [-0.15, -0.1) is 0 Å². The van der Waals surface area contributed by atoms with Gasteiger partial charge in [0, 0.05) is 25.0 Å². The molecule has 94 valence electrons. The molecule has 3 heteroatoms. The Bertz CT molecular complexity index is 227. The first-order valence-corrected chi connectivity index (χ1v) is 6.47. The fraction of sp³-hybridized carbons (Fsp3) is 0.923. The van der Waals surface area contributed by atoms with Crippen molar-refractivity contribution in [2.75, 3.05) is 32.7 Å². The van der Waals surface area contributed by atoms with Crippen LogP contribution in [0.15, 0.2) is 0 Å². The van der Waals surface area contributed by atoms with Crippen molar-refractivity contribution in [1.82, 2.24) is 9.80 Å². The molecular formula is C13H26N2O. The van der Waals surface area contributed by atoms with E-state index in [9.17, 15) is 4.79 Å². The lowest BCUT2D eigenvalue weighted by Gasteiger charge is -2.30. The summed E-state index contributed by atoms with van der Waals surface area (Å²) < 4.78 is 0. The lowest BCUT2D eigenvalue weighted by molar-refractivity contribution is -0.139. The molecule has 1 aliphatic heterocycles. The molecule has 1 rings (SSSR count). The number of carbonyl (C=O) groups is 1. The zero-order valence-electron chi connectivity index (χ0n) is 11.3. The van der Waals surface area contributed by atoms with Crippen LogP contribution in [0, 0.1) is 5.41 Å². The third-order valence-electron chi connectivity index (χ3n) is 3.20. The molecule has 1 aliphatic rings. The summed E-state index contributed by atoms with van der Waals surface area (Å²) in [7, 11) is 0. The maximum absolute atomic E-state index is 12.1. The van der Waals surface area contributed by atoms with Crippen molar-refractivity contribution in [2.45, 2.75) is 40.5 Å². The Labute approximate surface area is 99.8 Å². The Morgan fingerprint density at radius 3 is 2.25 bits per heavy atom. The second kappa shape index (κ2) is 5.67. The second-order valence-corrected chi connectivity index (χ2v) is 5.68. The molecule has 3 nitrogen and oxygen atoms in total. The van der Waals surface area contributed by atoms with Crippen molar-refractivity contribution in [3.63, 3.8) is 0 Å². The molecule has 0 aromatic rings. The molecule has 0 radical (unpaired) electrons. The van der Waals surface area contributed by atoms with Crippen molar-refractivity contribution < 1.29 is 4.79 Å². The van der Waals surface area contributed by atoms with E-state index in [2.05, 4.69) is 11.8 Å². The minimum absolute atomic E-state index is 0.249. The summed E-state index contributed by atoms with van der Waals surface area (Å²) in [5.74, 6) is 0.272. The number of nitrogens with zero attached hydrogens (tertiary/aromatic N) is 2. The van der Waals surface area contributed by atoms with Gasteiger partial charge in [-0.1, -0.05) is 20.8 Å². The highest BCUT2D eigenvalue weighted by Crippen LogP contribution is 2.17. The van der Waals surface area contributed by atoms with Crippen molar-refractivity contribution >= 4 is 5.91 Å². The topological polar surface area (TPSA) is 23.6 Å². The molecule has 0 aromatic carbocycles. The van der Waals surface area contributed by atoms with Crippen LogP contribution in [0.25, 0.3) is 0 Å². The summed E-state index contributed by atoms with van der Waals surface area (Å²) in [5, 5.41) is 0. The van der Waals surface area contributed by atoms with E-state index in [-0.39, 0.29) is 11.3 Å². The molecule has 1 heterocycles. The van der Waals surface area contributed by atoms with E-state index in [1.807, 2.05) is 25.7 Å². The number of carbonyl (C=O) groups excluding carboxylic acids is 1. The zero-order valence-corrected chi connectivity index (χ0v) is 11.3. The van der Waals surface area contributed by atoms with E-state index in [0.29, 0.717) is 0 Å². The standard InChI is InChI=1S/C13H26N2O/c1-5-15(12(16)13(2,3)4)11-10-14-8-6-7-9-14/h5-11H2,1-4H3. The smallest absolute Gasteiger partial charge is 0.227 e. The van der Waals surface area contributed by atoms with E-state index in [0.717, 1.165) is 19.6 Å². The molecule has 0 bridgehead atoms. The van der Waals surface area contributed by atoms with Gasteiger partial charge in [0.05, 0.1) is 0 Å². The number of hydrogen-bond acceptors (Lipinski definition) is 2. The average molecular weight is 226 g/mol. The van der Waals surface area contributed by atoms with Crippen molar-refractivity contribution in [2.24, 2.45) is 5.41 Å². The predicted molar refractivity (Wildman–Crippen MR) is 67.4 cm³/mol. The lowest BCUT2D eigenvalue weighted by Crippen LogP contribution is -2.43. The minimum Gasteiger partial charge on any atom is -0.341 e. The van der Waals surface area contributed by atoms with Crippen LogP contribution in [0.2, 0.25) is 0 Å². The van der Waals surface area contributed by atoms with Crippen LogP contribution in [0.4, 0.5) is 0 Å². The maximum Gasteiger partial charge on any atom is 0.227 e. The van der Waals surface area contributed by atoms with Gasteiger partial charge >= 0.3 is 0 Å². The van der Waals surface area contributed by atoms with Gasteiger partial charge < -0.3 is 9.80 Å². The monoisotopic (exact) mass is 226 g/mol. The summed E-state index contributed by atoms with van der Waals surface area (Å²) in [6, 6.07) is 0. The first-order chi connectivity index (χ1) is 7.45. The van der Waals surface area contributed by atoms with Crippen LogP contribution in [0.3, 0.4) is 0 Å². The molecule has 1 fully saturated rings. The van der Waals surface area contributed by atoms with Gasteiger partial charge in [0.15, 0.2) is 0 Å². The van der Waals surface area contributed by atoms with Crippen molar-refractivity contribution in [1.29, 1.82) is 0 Å². The van der Waals surface area contributed by atoms with Crippen LogP contribution >= 0.6 is 0 Å². The Balaban J connectivity index is 2.39. The molecule has 0 unspecified atom stereocenters. The number of likely N-dealkylation sites (tertiary alicyclic amines) is 1. The quantitative estimate of drug-likeness (QED) is 0.732. The number of likely N-dealkylation sites (N-methyl/N-ethyl adjacent to an activating group) is 1. The van der Waals surface area contributed by atoms with E-state index in [4.69, 9.17) is 0 Å². The molecule has 0 aromatic heterocycles. The van der Waals surface area contributed by atoms with E-state index >= 15 is 0 Å². The summed E-state index contributed by atoms with van der Waals surface area (Å²) >= 11 is 0. The summed E-state index contributed by atoms with van der Waals surface area (Å²) in [6.45, 7) is 13.2. The molecule has 0 saturated carbocycles. The van der Waals surface area contributed by atoms with Gasteiger partial charge in [0.1, 0.15) is 0 Å². The third kappa shape index (κ3) is 3.78. The second-order valence-electron chi connectivity index (χ2n) is 5.68. The molecule has 0 spiro atoms. The lowest BCUT2D eigenvalue weighted by atomic mass is 9.95. The SMILES string of the molecule is CCN(CCN1CCCC1)C(=O)C(C)(C)C. The Kier molecular flexibility index (Phi) is 4.78. The Morgan fingerprint density at radius 2 is 1.81 bits per heavy atom. The number of hydrogen-bond donors (Lipinski definition) is 0. The van der Waals surface area contributed by atoms with E-state index in [1.54, 1.807) is 0 Å². The van der Waals surface area contributed by atoms with Crippen LogP contribution in [-0.4, -0.2) is 48.4 Å². The summed E-state index contributed by atoms with van der Waals surface area (Å²) in [6.07, 6.45) is 2.64. The van der Waals surface area contributed by atoms with Gasteiger partial charge in [0.25, 0.3) is 0 Å². The van der Waals surface area contributed by atoms with Gasteiger partial charge in [-0.3, -0.25) is 4.79 Å². The molecule has 0 atom stereocenters. The normalized spacial score (nSPS) is 17.8. The van der Waals surface area contributed by atoms with Gasteiger partial charge in [0.2, 0.25) is 5.91 Å². The molecule has 0 aliphatic carbocycles. The zero-order chi connectivity index (χ0) is 12.2.